The molecule has 4 rings (SSSR count). The highest BCUT2D eigenvalue weighted by atomic mass is 19.4. The maximum absolute atomic E-state index is 13.5. The average molecular weight is 561 g/mol. The third-order valence-electron chi connectivity index (χ3n) is 6.05. The van der Waals surface area contributed by atoms with Crippen molar-refractivity contribution in [2.24, 2.45) is 0 Å². The number of nitrogen functional groups attached to an aromatic ring is 1. The number of halogens is 3. The first kappa shape index (κ1) is 29.1. The number of hydrogen-bond acceptors (Lipinski definition) is 8. The molecule has 214 valence electrons. The van der Waals surface area contributed by atoms with Crippen molar-refractivity contribution in [1.82, 2.24) is 14.6 Å². The van der Waals surface area contributed by atoms with Crippen molar-refractivity contribution in [1.29, 1.82) is 0 Å². The van der Waals surface area contributed by atoms with Gasteiger partial charge in [0.2, 0.25) is 0 Å². The molecular weight excluding hydrogens is 529 g/mol. The van der Waals surface area contributed by atoms with Gasteiger partial charge in [-0.15, -0.1) is 0 Å². The lowest BCUT2D eigenvalue weighted by Crippen LogP contribution is -2.12. The molecule has 0 radical (unpaired) electrons. The van der Waals surface area contributed by atoms with Gasteiger partial charge in [-0.05, 0) is 55.0 Å². The molecule has 9 nitrogen and oxygen atoms in total. The maximum atomic E-state index is 13.5. The highest BCUT2D eigenvalue weighted by Gasteiger charge is 2.34. The number of aromatic nitrogens is 3. The largest absolute Gasteiger partial charge is 0.493 e. The molecular formula is C28H31F3N4O5. The molecule has 0 amide bonds. The summed E-state index contributed by atoms with van der Waals surface area (Å²) in [5.74, 6) is 1.04. The number of alkyl halides is 3. The van der Waals surface area contributed by atoms with Crippen LogP contribution in [0.1, 0.15) is 11.1 Å². The summed E-state index contributed by atoms with van der Waals surface area (Å²) in [6, 6.07) is 11.8. The Kier molecular flexibility index (Phi) is 9.46. The molecule has 3 aromatic heterocycles. The Bertz CT molecular complexity index is 1440. The third-order valence-corrected chi connectivity index (χ3v) is 6.05. The lowest BCUT2D eigenvalue weighted by molar-refractivity contribution is -0.136. The van der Waals surface area contributed by atoms with E-state index in [1.54, 1.807) is 30.7 Å². The lowest BCUT2D eigenvalue weighted by Gasteiger charge is -2.13. The molecule has 0 unspecified atom stereocenters. The van der Waals surface area contributed by atoms with Crippen molar-refractivity contribution in [2.75, 3.05) is 59.6 Å². The first-order valence-electron chi connectivity index (χ1n) is 12.5. The maximum Gasteiger partial charge on any atom is 0.418 e. The minimum atomic E-state index is -4.60. The number of methoxy groups -OCH3 is 2. The van der Waals surface area contributed by atoms with Crippen LogP contribution in [0, 0.1) is 6.92 Å². The van der Waals surface area contributed by atoms with E-state index in [1.807, 2.05) is 24.3 Å². The highest BCUT2D eigenvalue weighted by molar-refractivity contribution is 5.72. The van der Waals surface area contributed by atoms with Crippen LogP contribution in [0.15, 0.2) is 48.7 Å². The van der Waals surface area contributed by atoms with Crippen LogP contribution in [0.2, 0.25) is 0 Å². The van der Waals surface area contributed by atoms with Crippen molar-refractivity contribution in [3.8, 4) is 34.1 Å². The molecule has 0 spiro atoms. The molecule has 4 aromatic rings. The van der Waals surface area contributed by atoms with Gasteiger partial charge in [0.1, 0.15) is 6.61 Å². The van der Waals surface area contributed by atoms with Crippen LogP contribution in [-0.4, -0.2) is 68.5 Å². The highest BCUT2D eigenvalue weighted by Crippen LogP contribution is 2.37. The fraction of sp³-hybridized carbons (Fsp3) is 0.357. The number of hydrogen-bond donors (Lipinski definition) is 1. The second kappa shape index (κ2) is 13.0. The van der Waals surface area contributed by atoms with Crippen LogP contribution < -0.4 is 15.2 Å². The third kappa shape index (κ3) is 6.82. The van der Waals surface area contributed by atoms with E-state index in [9.17, 15) is 13.2 Å². The lowest BCUT2D eigenvalue weighted by atomic mass is 10.1. The summed E-state index contributed by atoms with van der Waals surface area (Å²) in [5, 5.41) is 4.71. The number of anilines is 1. The second-order valence-electron chi connectivity index (χ2n) is 8.82. The summed E-state index contributed by atoms with van der Waals surface area (Å²) >= 11 is 0. The molecule has 3 heterocycles. The van der Waals surface area contributed by atoms with Crippen LogP contribution in [0.4, 0.5) is 18.9 Å². The van der Waals surface area contributed by atoms with Crippen molar-refractivity contribution >= 4 is 11.2 Å². The average Bonchev–Trinajstić information content (AvgIpc) is 3.26. The smallest absolute Gasteiger partial charge is 0.418 e. The Morgan fingerprint density at radius 3 is 2.27 bits per heavy atom. The Morgan fingerprint density at radius 1 is 0.850 bits per heavy atom. The molecule has 0 aliphatic heterocycles. The minimum Gasteiger partial charge on any atom is -0.493 e. The standard InChI is InChI=1S/C28H31F3N4O5/c1-18-14-20-5-6-23(34-35(20)27(18)24-16-21(28(29,30)31)22(32)17-33-24)19-4-7-25(26(15-19)37-3)40-13-12-39-11-10-38-9-8-36-2/h4-7,14-17H,8-13,32H2,1-3H3. The summed E-state index contributed by atoms with van der Waals surface area (Å²) < 4.78 is 69.2. The zero-order valence-electron chi connectivity index (χ0n) is 22.5. The molecule has 0 bridgehead atoms. The molecule has 12 heteroatoms. The predicted molar refractivity (Wildman–Crippen MR) is 144 cm³/mol. The van der Waals surface area contributed by atoms with E-state index in [-0.39, 0.29) is 5.69 Å². The fourth-order valence-corrected chi connectivity index (χ4v) is 4.11. The van der Waals surface area contributed by atoms with E-state index in [4.69, 9.17) is 34.5 Å². The van der Waals surface area contributed by atoms with Gasteiger partial charge in [-0.2, -0.15) is 18.3 Å². The van der Waals surface area contributed by atoms with E-state index in [2.05, 4.69) is 4.98 Å². The normalized spacial score (nSPS) is 11.8. The van der Waals surface area contributed by atoms with E-state index in [0.29, 0.717) is 68.0 Å². The van der Waals surface area contributed by atoms with Gasteiger partial charge < -0.3 is 29.4 Å². The molecule has 0 saturated heterocycles. The zero-order chi connectivity index (χ0) is 28.7. The van der Waals surface area contributed by atoms with Gasteiger partial charge in [0, 0.05) is 12.7 Å². The predicted octanol–water partition coefficient (Wildman–Crippen LogP) is 5.04. The molecule has 0 saturated carbocycles. The Hall–Kier alpha value is -3.87. The molecule has 0 aliphatic rings. The van der Waals surface area contributed by atoms with Crippen LogP contribution in [0.3, 0.4) is 0 Å². The molecule has 0 fully saturated rings. The van der Waals surface area contributed by atoms with Crippen LogP contribution in [-0.2, 0) is 20.4 Å². The number of ether oxygens (including phenoxy) is 5. The van der Waals surface area contributed by atoms with Gasteiger partial charge in [-0.3, -0.25) is 4.98 Å². The quantitative estimate of drug-likeness (QED) is 0.227. The first-order chi connectivity index (χ1) is 19.2. The summed E-state index contributed by atoms with van der Waals surface area (Å²) in [7, 11) is 3.15. The van der Waals surface area contributed by atoms with Crippen molar-refractivity contribution in [2.45, 2.75) is 13.1 Å². The number of aryl methyl sites for hydroxylation is 1. The van der Waals surface area contributed by atoms with Crippen molar-refractivity contribution < 1.29 is 36.9 Å². The van der Waals surface area contributed by atoms with Crippen molar-refractivity contribution in [3.05, 3.63) is 59.8 Å². The first-order valence-corrected chi connectivity index (χ1v) is 12.5. The number of fused-ring (bicyclic) bond motifs is 1. The van der Waals surface area contributed by atoms with Gasteiger partial charge in [-0.1, -0.05) is 0 Å². The van der Waals surface area contributed by atoms with Gasteiger partial charge in [-0.25, -0.2) is 4.52 Å². The minimum absolute atomic E-state index is 0.119. The SMILES string of the molecule is COCCOCCOCCOc1ccc(-c2ccc3cc(C)c(-c4cc(C(F)(F)F)c(N)cn4)n3n2)cc1OC. The Morgan fingerprint density at radius 2 is 1.57 bits per heavy atom. The molecule has 1 aromatic carbocycles. The number of pyridine rings is 1. The Balaban J connectivity index is 1.52. The van der Waals surface area contributed by atoms with E-state index in [1.165, 1.54) is 7.11 Å². The van der Waals surface area contributed by atoms with Crippen LogP contribution >= 0.6 is 0 Å². The van der Waals surface area contributed by atoms with Gasteiger partial charge in [0.25, 0.3) is 0 Å². The van der Waals surface area contributed by atoms with Gasteiger partial charge in [0.15, 0.2) is 11.5 Å². The molecule has 0 atom stereocenters. The fourth-order valence-electron chi connectivity index (χ4n) is 4.11. The second-order valence-corrected chi connectivity index (χ2v) is 8.82. The van der Waals surface area contributed by atoms with Gasteiger partial charge in [0.05, 0.1) is 80.2 Å². The summed E-state index contributed by atoms with van der Waals surface area (Å²) in [6.07, 6.45) is -3.58. The van der Waals surface area contributed by atoms with E-state index >= 15 is 0 Å². The van der Waals surface area contributed by atoms with Crippen LogP contribution in [0.5, 0.6) is 11.5 Å². The molecule has 0 aliphatic carbocycles. The Labute approximate surface area is 229 Å². The number of rotatable bonds is 13. The van der Waals surface area contributed by atoms with Gasteiger partial charge >= 0.3 is 6.18 Å². The number of nitrogens with zero attached hydrogens (tertiary/aromatic N) is 3. The zero-order valence-corrected chi connectivity index (χ0v) is 22.5. The molecule has 40 heavy (non-hydrogen) atoms. The summed E-state index contributed by atoms with van der Waals surface area (Å²) in [6.45, 7) is 4.46. The number of benzene rings is 1. The summed E-state index contributed by atoms with van der Waals surface area (Å²) in [5.41, 5.74) is 7.48. The van der Waals surface area contributed by atoms with E-state index < -0.39 is 17.4 Å². The number of nitrogens with two attached hydrogens (primary N) is 1. The van der Waals surface area contributed by atoms with Crippen molar-refractivity contribution in [3.63, 3.8) is 0 Å². The summed E-state index contributed by atoms with van der Waals surface area (Å²) in [4.78, 5) is 4.17. The van der Waals surface area contributed by atoms with Crippen LogP contribution in [0.25, 0.3) is 28.2 Å². The van der Waals surface area contributed by atoms with E-state index in [0.717, 1.165) is 23.4 Å². The monoisotopic (exact) mass is 560 g/mol. The topological polar surface area (TPSA) is 102 Å². The molecule has 2 N–H and O–H groups in total.